The standard InChI is InChI=1S/C14H21N5/c1-5-6-15-7-12-10(2)17-14(18-11(12)3)13-8-16-9-19(13)4/h8-9,15H,5-7H2,1-4H3. The topological polar surface area (TPSA) is 55.6 Å². The summed E-state index contributed by atoms with van der Waals surface area (Å²) >= 11 is 0. The fraction of sp³-hybridized carbons (Fsp3) is 0.500. The van der Waals surface area contributed by atoms with E-state index >= 15 is 0 Å². The quantitative estimate of drug-likeness (QED) is 0.834. The van der Waals surface area contributed by atoms with E-state index in [2.05, 4.69) is 27.2 Å². The van der Waals surface area contributed by atoms with Crippen molar-refractivity contribution in [3.05, 3.63) is 29.5 Å². The molecule has 1 N–H and O–H groups in total. The van der Waals surface area contributed by atoms with Crippen LogP contribution in [0.3, 0.4) is 0 Å². The van der Waals surface area contributed by atoms with Crippen LogP contribution in [0.5, 0.6) is 0 Å². The maximum Gasteiger partial charge on any atom is 0.178 e. The second-order valence-corrected chi connectivity index (χ2v) is 4.76. The van der Waals surface area contributed by atoms with E-state index in [9.17, 15) is 0 Å². The molecule has 19 heavy (non-hydrogen) atoms. The molecule has 0 atom stereocenters. The molecule has 0 unspecified atom stereocenters. The maximum atomic E-state index is 4.60. The van der Waals surface area contributed by atoms with Gasteiger partial charge in [0.05, 0.1) is 12.5 Å². The number of nitrogens with zero attached hydrogens (tertiary/aromatic N) is 4. The van der Waals surface area contributed by atoms with Crippen molar-refractivity contribution in [3.63, 3.8) is 0 Å². The van der Waals surface area contributed by atoms with Crippen LogP contribution in [-0.4, -0.2) is 26.1 Å². The highest BCUT2D eigenvalue weighted by Gasteiger charge is 2.11. The van der Waals surface area contributed by atoms with Crippen molar-refractivity contribution in [2.45, 2.75) is 33.7 Å². The van der Waals surface area contributed by atoms with Crippen LogP contribution >= 0.6 is 0 Å². The monoisotopic (exact) mass is 259 g/mol. The number of aryl methyl sites for hydroxylation is 3. The van der Waals surface area contributed by atoms with E-state index in [0.717, 1.165) is 42.4 Å². The first-order valence-electron chi connectivity index (χ1n) is 6.65. The van der Waals surface area contributed by atoms with Crippen LogP contribution < -0.4 is 5.32 Å². The summed E-state index contributed by atoms with van der Waals surface area (Å²) in [4.78, 5) is 13.3. The van der Waals surface area contributed by atoms with Crippen LogP contribution in [0.15, 0.2) is 12.5 Å². The molecule has 2 heterocycles. The van der Waals surface area contributed by atoms with Crippen LogP contribution in [0.2, 0.25) is 0 Å². The Morgan fingerprint density at radius 1 is 1.21 bits per heavy atom. The SMILES string of the molecule is CCCNCc1c(C)nc(-c2cncn2C)nc1C. The number of hydrogen-bond acceptors (Lipinski definition) is 4. The molecule has 0 spiro atoms. The number of imidazole rings is 1. The van der Waals surface area contributed by atoms with Crippen molar-refractivity contribution < 1.29 is 0 Å². The molecule has 2 rings (SSSR count). The Balaban J connectivity index is 2.29. The normalized spacial score (nSPS) is 10.9. The summed E-state index contributed by atoms with van der Waals surface area (Å²) in [5.41, 5.74) is 4.21. The van der Waals surface area contributed by atoms with Crippen molar-refractivity contribution >= 4 is 0 Å². The molecular weight excluding hydrogens is 238 g/mol. The lowest BCUT2D eigenvalue weighted by Crippen LogP contribution is -2.17. The van der Waals surface area contributed by atoms with Crippen LogP contribution in [0, 0.1) is 13.8 Å². The van der Waals surface area contributed by atoms with Crippen LogP contribution in [-0.2, 0) is 13.6 Å². The average molecular weight is 259 g/mol. The first-order chi connectivity index (χ1) is 9.13. The molecule has 0 fully saturated rings. The molecule has 0 aromatic carbocycles. The van der Waals surface area contributed by atoms with Crippen molar-refractivity contribution in [1.82, 2.24) is 24.8 Å². The van der Waals surface area contributed by atoms with E-state index in [1.807, 2.05) is 25.5 Å². The fourth-order valence-corrected chi connectivity index (χ4v) is 2.07. The lowest BCUT2D eigenvalue weighted by molar-refractivity contribution is 0.665. The Morgan fingerprint density at radius 3 is 2.42 bits per heavy atom. The zero-order valence-corrected chi connectivity index (χ0v) is 12.1. The predicted molar refractivity (Wildman–Crippen MR) is 75.7 cm³/mol. The van der Waals surface area contributed by atoms with Gasteiger partial charge in [0.1, 0.15) is 5.69 Å². The maximum absolute atomic E-state index is 4.60. The second-order valence-electron chi connectivity index (χ2n) is 4.76. The van der Waals surface area contributed by atoms with Gasteiger partial charge in [0.25, 0.3) is 0 Å². The predicted octanol–water partition coefficient (Wildman–Crippen LogP) is 1.99. The van der Waals surface area contributed by atoms with Gasteiger partial charge in [-0.25, -0.2) is 15.0 Å². The van der Waals surface area contributed by atoms with Crippen molar-refractivity contribution in [3.8, 4) is 11.5 Å². The van der Waals surface area contributed by atoms with Gasteiger partial charge in [0.2, 0.25) is 0 Å². The molecule has 0 aliphatic carbocycles. The zero-order chi connectivity index (χ0) is 13.8. The first kappa shape index (κ1) is 13.7. The lowest BCUT2D eigenvalue weighted by atomic mass is 10.1. The highest BCUT2D eigenvalue weighted by atomic mass is 15.1. The fourth-order valence-electron chi connectivity index (χ4n) is 2.07. The van der Waals surface area contributed by atoms with Crippen LogP contribution in [0.1, 0.15) is 30.3 Å². The van der Waals surface area contributed by atoms with Crippen LogP contribution in [0.25, 0.3) is 11.5 Å². The highest BCUT2D eigenvalue weighted by Crippen LogP contribution is 2.17. The third-order valence-electron chi connectivity index (χ3n) is 3.20. The molecule has 102 valence electrons. The van der Waals surface area contributed by atoms with Gasteiger partial charge in [-0.05, 0) is 26.8 Å². The number of aromatic nitrogens is 4. The molecule has 0 bridgehead atoms. The third-order valence-corrected chi connectivity index (χ3v) is 3.20. The minimum Gasteiger partial charge on any atom is -0.331 e. The lowest BCUT2D eigenvalue weighted by Gasteiger charge is -2.11. The molecule has 0 saturated heterocycles. The Hall–Kier alpha value is -1.75. The Kier molecular flexibility index (Phi) is 4.27. The summed E-state index contributed by atoms with van der Waals surface area (Å²) in [5, 5.41) is 3.40. The number of rotatable bonds is 5. The number of nitrogens with one attached hydrogen (secondary N) is 1. The molecule has 5 nitrogen and oxygen atoms in total. The van der Waals surface area contributed by atoms with Gasteiger partial charge in [-0.15, -0.1) is 0 Å². The van der Waals surface area contributed by atoms with Gasteiger partial charge < -0.3 is 9.88 Å². The molecule has 0 aliphatic rings. The third kappa shape index (κ3) is 2.98. The smallest absolute Gasteiger partial charge is 0.178 e. The molecule has 2 aromatic rings. The minimum absolute atomic E-state index is 0.745. The van der Waals surface area contributed by atoms with Gasteiger partial charge in [-0.2, -0.15) is 0 Å². The van der Waals surface area contributed by atoms with Crippen molar-refractivity contribution in [2.75, 3.05) is 6.54 Å². The van der Waals surface area contributed by atoms with Gasteiger partial charge in [-0.1, -0.05) is 6.92 Å². The molecule has 5 heteroatoms. The molecule has 0 aliphatic heterocycles. The summed E-state index contributed by atoms with van der Waals surface area (Å²) in [6, 6.07) is 0. The van der Waals surface area contributed by atoms with Gasteiger partial charge in [0, 0.05) is 30.5 Å². The minimum atomic E-state index is 0.745. The molecule has 0 radical (unpaired) electrons. The van der Waals surface area contributed by atoms with Crippen molar-refractivity contribution in [1.29, 1.82) is 0 Å². The summed E-state index contributed by atoms with van der Waals surface area (Å²) in [6.45, 7) is 8.09. The molecule has 0 amide bonds. The molecule has 2 aromatic heterocycles. The Bertz CT molecular complexity index is 536. The Labute approximate surface area is 114 Å². The second kappa shape index (κ2) is 5.93. The summed E-state index contributed by atoms with van der Waals surface area (Å²) in [5.74, 6) is 0.745. The summed E-state index contributed by atoms with van der Waals surface area (Å²) in [7, 11) is 1.95. The van der Waals surface area contributed by atoms with E-state index in [1.54, 1.807) is 12.5 Å². The number of hydrogen-bond donors (Lipinski definition) is 1. The zero-order valence-electron chi connectivity index (χ0n) is 12.1. The van der Waals surface area contributed by atoms with E-state index in [1.165, 1.54) is 5.56 Å². The summed E-state index contributed by atoms with van der Waals surface area (Å²) < 4.78 is 1.93. The molecule has 0 saturated carbocycles. The Morgan fingerprint density at radius 2 is 1.89 bits per heavy atom. The largest absolute Gasteiger partial charge is 0.331 e. The van der Waals surface area contributed by atoms with Gasteiger partial charge in [0.15, 0.2) is 5.82 Å². The van der Waals surface area contributed by atoms with Crippen LogP contribution in [0.4, 0.5) is 0 Å². The highest BCUT2D eigenvalue weighted by molar-refractivity contribution is 5.49. The van der Waals surface area contributed by atoms with Gasteiger partial charge in [-0.3, -0.25) is 0 Å². The van der Waals surface area contributed by atoms with E-state index < -0.39 is 0 Å². The summed E-state index contributed by atoms with van der Waals surface area (Å²) in [6.07, 6.45) is 4.69. The van der Waals surface area contributed by atoms with Crippen molar-refractivity contribution in [2.24, 2.45) is 7.05 Å². The van der Waals surface area contributed by atoms with E-state index in [-0.39, 0.29) is 0 Å². The average Bonchev–Trinajstić information content (AvgIpc) is 2.79. The van der Waals surface area contributed by atoms with Gasteiger partial charge >= 0.3 is 0 Å². The van der Waals surface area contributed by atoms with E-state index in [4.69, 9.17) is 0 Å². The molecular formula is C14H21N5. The first-order valence-corrected chi connectivity index (χ1v) is 6.65. The van der Waals surface area contributed by atoms with E-state index in [0.29, 0.717) is 0 Å².